The molecule has 1 unspecified atom stereocenters. The highest BCUT2D eigenvalue weighted by molar-refractivity contribution is 5.97. The summed E-state index contributed by atoms with van der Waals surface area (Å²) in [6.07, 6.45) is 0. The Labute approximate surface area is 122 Å². The number of carboxylic acid groups (broad SMARTS) is 1. The second-order valence-corrected chi connectivity index (χ2v) is 4.93. The van der Waals surface area contributed by atoms with Gasteiger partial charge in [-0.25, -0.2) is 4.79 Å². The van der Waals surface area contributed by atoms with Gasteiger partial charge in [0, 0.05) is 11.3 Å². The van der Waals surface area contributed by atoms with Gasteiger partial charge in [-0.05, 0) is 30.2 Å². The van der Waals surface area contributed by atoms with Crippen molar-refractivity contribution in [3.63, 3.8) is 0 Å². The molecule has 1 aromatic carbocycles. The van der Waals surface area contributed by atoms with Crippen LogP contribution in [0.25, 0.3) is 0 Å². The van der Waals surface area contributed by atoms with Crippen molar-refractivity contribution in [3.8, 4) is 0 Å². The van der Waals surface area contributed by atoms with Gasteiger partial charge in [-0.1, -0.05) is 13.8 Å². The van der Waals surface area contributed by atoms with Crippen molar-refractivity contribution in [1.82, 2.24) is 10.6 Å². The largest absolute Gasteiger partial charge is 0.480 e. The quantitative estimate of drug-likeness (QED) is 0.559. The first kappa shape index (κ1) is 16.5. The molecule has 0 aliphatic heterocycles. The zero-order valence-corrected chi connectivity index (χ0v) is 11.9. The number of carboxylic acids is 1. The molecule has 2 amide bonds. The average Bonchev–Trinajstić information content (AvgIpc) is 2.42. The van der Waals surface area contributed by atoms with Gasteiger partial charge in [-0.15, -0.1) is 0 Å². The minimum absolute atomic E-state index is 0.251. The van der Waals surface area contributed by atoms with E-state index >= 15 is 0 Å². The van der Waals surface area contributed by atoms with Crippen molar-refractivity contribution in [1.29, 1.82) is 0 Å². The summed E-state index contributed by atoms with van der Waals surface area (Å²) in [5.41, 5.74) is 6.41. The second kappa shape index (κ2) is 7.28. The summed E-state index contributed by atoms with van der Waals surface area (Å²) in [5.74, 6) is -2.34. The molecule has 5 N–H and O–H groups in total. The summed E-state index contributed by atoms with van der Waals surface area (Å²) in [7, 11) is 0. The van der Waals surface area contributed by atoms with E-state index in [-0.39, 0.29) is 12.5 Å². The number of nitrogen functional groups attached to an aromatic ring is 1. The van der Waals surface area contributed by atoms with Crippen LogP contribution in [-0.4, -0.2) is 35.5 Å². The summed E-state index contributed by atoms with van der Waals surface area (Å²) in [6.45, 7) is 3.08. The Kier molecular flexibility index (Phi) is 5.71. The molecular weight excluding hydrogens is 274 g/mol. The van der Waals surface area contributed by atoms with Crippen molar-refractivity contribution >= 4 is 23.5 Å². The molecule has 1 aromatic rings. The van der Waals surface area contributed by atoms with Crippen LogP contribution in [0.15, 0.2) is 24.3 Å². The predicted octanol–water partition coefficient (Wildman–Crippen LogP) is 0.224. The first-order valence-electron chi connectivity index (χ1n) is 6.47. The number of rotatable bonds is 6. The first-order valence-corrected chi connectivity index (χ1v) is 6.47. The van der Waals surface area contributed by atoms with E-state index in [1.807, 2.05) is 0 Å². The number of aliphatic carboxylic acids is 1. The molecule has 0 aliphatic carbocycles. The molecule has 114 valence electrons. The van der Waals surface area contributed by atoms with Crippen LogP contribution in [0, 0.1) is 5.92 Å². The molecule has 0 aromatic heterocycles. The molecule has 1 rings (SSSR count). The monoisotopic (exact) mass is 293 g/mol. The molecule has 7 heteroatoms. The van der Waals surface area contributed by atoms with Gasteiger partial charge in [-0.3, -0.25) is 9.59 Å². The molecule has 0 heterocycles. The van der Waals surface area contributed by atoms with E-state index in [0.717, 1.165) is 0 Å². The van der Waals surface area contributed by atoms with Crippen LogP contribution in [0.2, 0.25) is 0 Å². The van der Waals surface area contributed by atoms with E-state index < -0.39 is 23.8 Å². The van der Waals surface area contributed by atoms with Crippen LogP contribution in [-0.2, 0) is 9.59 Å². The van der Waals surface area contributed by atoms with Gasteiger partial charge >= 0.3 is 5.97 Å². The van der Waals surface area contributed by atoms with Gasteiger partial charge in [-0.2, -0.15) is 0 Å². The van der Waals surface area contributed by atoms with Gasteiger partial charge in [0.25, 0.3) is 5.91 Å². The average molecular weight is 293 g/mol. The number of nitrogens with one attached hydrogen (secondary N) is 2. The van der Waals surface area contributed by atoms with Gasteiger partial charge in [0.15, 0.2) is 0 Å². The van der Waals surface area contributed by atoms with Crippen LogP contribution >= 0.6 is 0 Å². The molecule has 0 spiro atoms. The van der Waals surface area contributed by atoms with E-state index in [4.69, 9.17) is 10.8 Å². The molecule has 0 saturated carbocycles. The highest BCUT2D eigenvalue weighted by atomic mass is 16.4. The number of amides is 2. The summed E-state index contributed by atoms with van der Waals surface area (Å²) in [4.78, 5) is 34.4. The number of hydrogen-bond acceptors (Lipinski definition) is 4. The number of anilines is 1. The highest BCUT2D eigenvalue weighted by Gasteiger charge is 2.23. The Balaban J connectivity index is 2.51. The van der Waals surface area contributed by atoms with Gasteiger partial charge in [0.05, 0.1) is 6.54 Å². The zero-order valence-electron chi connectivity index (χ0n) is 11.9. The van der Waals surface area contributed by atoms with Gasteiger partial charge in [0.2, 0.25) is 5.91 Å². The van der Waals surface area contributed by atoms with Crippen LogP contribution in [0.3, 0.4) is 0 Å². The summed E-state index contributed by atoms with van der Waals surface area (Å²) in [6, 6.07) is 5.25. The van der Waals surface area contributed by atoms with E-state index in [2.05, 4.69) is 10.6 Å². The zero-order chi connectivity index (χ0) is 16.0. The Hall–Kier alpha value is -2.57. The number of benzene rings is 1. The molecular formula is C14H19N3O4. The smallest absolute Gasteiger partial charge is 0.326 e. The Morgan fingerprint density at radius 2 is 1.76 bits per heavy atom. The first-order chi connectivity index (χ1) is 9.81. The van der Waals surface area contributed by atoms with Crippen molar-refractivity contribution in [2.45, 2.75) is 19.9 Å². The highest BCUT2D eigenvalue weighted by Crippen LogP contribution is 2.05. The molecule has 0 bridgehead atoms. The van der Waals surface area contributed by atoms with Crippen molar-refractivity contribution in [3.05, 3.63) is 29.8 Å². The minimum atomic E-state index is -1.11. The normalized spacial score (nSPS) is 11.8. The van der Waals surface area contributed by atoms with Crippen molar-refractivity contribution in [2.75, 3.05) is 12.3 Å². The van der Waals surface area contributed by atoms with Crippen LogP contribution in [0.5, 0.6) is 0 Å². The van der Waals surface area contributed by atoms with E-state index in [9.17, 15) is 14.4 Å². The Morgan fingerprint density at radius 3 is 2.24 bits per heavy atom. The topological polar surface area (TPSA) is 122 Å². The van der Waals surface area contributed by atoms with E-state index in [1.54, 1.807) is 26.0 Å². The lowest BCUT2D eigenvalue weighted by Gasteiger charge is -2.18. The molecule has 1 atom stereocenters. The number of carbonyl (C=O) groups excluding carboxylic acids is 2. The Morgan fingerprint density at radius 1 is 1.19 bits per heavy atom. The second-order valence-electron chi connectivity index (χ2n) is 4.93. The van der Waals surface area contributed by atoms with Crippen LogP contribution < -0.4 is 16.4 Å². The van der Waals surface area contributed by atoms with E-state index in [0.29, 0.717) is 11.3 Å². The molecule has 0 aliphatic rings. The number of nitrogens with two attached hydrogens (primary N) is 1. The third-order valence-corrected chi connectivity index (χ3v) is 2.83. The minimum Gasteiger partial charge on any atom is -0.480 e. The summed E-state index contributed by atoms with van der Waals surface area (Å²) < 4.78 is 0. The lowest BCUT2D eigenvalue weighted by Crippen LogP contribution is -2.48. The maximum Gasteiger partial charge on any atom is 0.326 e. The number of carbonyl (C=O) groups is 3. The summed E-state index contributed by atoms with van der Waals surface area (Å²) in [5, 5.41) is 13.7. The fraction of sp³-hybridized carbons (Fsp3) is 0.357. The maximum atomic E-state index is 11.8. The van der Waals surface area contributed by atoms with Crippen LogP contribution in [0.4, 0.5) is 5.69 Å². The SMILES string of the molecule is CC(C)C(NC(=O)CNC(=O)c1ccc(N)cc1)C(=O)O. The third kappa shape index (κ3) is 5.13. The lowest BCUT2D eigenvalue weighted by molar-refractivity contribution is -0.142. The van der Waals surface area contributed by atoms with Crippen LogP contribution in [0.1, 0.15) is 24.2 Å². The Bertz CT molecular complexity index is 526. The number of hydrogen-bond donors (Lipinski definition) is 4. The molecule has 0 radical (unpaired) electrons. The third-order valence-electron chi connectivity index (χ3n) is 2.83. The van der Waals surface area contributed by atoms with Crippen molar-refractivity contribution in [2.24, 2.45) is 5.92 Å². The predicted molar refractivity (Wildman–Crippen MR) is 77.6 cm³/mol. The van der Waals surface area contributed by atoms with E-state index in [1.165, 1.54) is 12.1 Å². The molecule has 7 nitrogen and oxygen atoms in total. The summed E-state index contributed by atoms with van der Waals surface area (Å²) >= 11 is 0. The maximum absolute atomic E-state index is 11.8. The fourth-order valence-electron chi connectivity index (χ4n) is 1.64. The lowest BCUT2D eigenvalue weighted by atomic mass is 10.1. The van der Waals surface area contributed by atoms with Gasteiger partial charge < -0.3 is 21.5 Å². The molecule has 0 saturated heterocycles. The molecule has 0 fully saturated rings. The fourth-order valence-corrected chi connectivity index (χ4v) is 1.64. The van der Waals surface area contributed by atoms with Gasteiger partial charge in [0.1, 0.15) is 6.04 Å². The molecule has 21 heavy (non-hydrogen) atoms. The van der Waals surface area contributed by atoms with Crippen molar-refractivity contribution < 1.29 is 19.5 Å². The standard InChI is InChI=1S/C14H19N3O4/c1-8(2)12(14(20)21)17-11(18)7-16-13(19)9-3-5-10(15)6-4-9/h3-6,8,12H,7,15H2,1-2H3,(H,16,19)(H,17,18)(H,20,21).